The van der Waals surface area contributed by atoms with E-state index in [-0.39, 0.29) is 22.7 Å². The van der Waals surface area contributed by atoms with Gasteiger partial charge in [-0.25, -0.2) is 4.39 Å². The van der Waals surface area contributed by atoms with E-state index in [4.69, 9.17) is 9.53 Å². The Bertz CT molecular complexity index is 512. The van der Waals surface area contributed by atoms with Gasteiger partial charge in [-0.1, -0.05) is 32.9 Å². The van der Waals surface area contributed by atoms with Gasteiger partial charge >= 0.3 is 5.97 Å². The lowest BCUT2D eigenvalue weighted by Crippen LogP contribution is -2.42. The van der Waals surface area contributed by atoms with Gasteiger partial charge in [0.1, 0.15) is 5.82 Å². The maximum Gasteiger partial charge on any atom is 0.313 e. The summed E-state index contributed by atoms with van der Waals surface area (Å²) in [7, 11) is -1.97. The van der Waals surface area contributed by atoms with E-state index in [2.05, 4.69) is 33.9 Å². The molecule has 0 spiro atoms. The van der Waals surface area contributed by atoms with E-state index in [9.17, 15) is 9.18 Å². The molecule has 6 heteroatoms. The SMILES string of the molecule is CC(C)(C)[Si](C)(C)O[C@H](CCSCC(=O)O)c1ccc(F)cc1. The summed E-state index contributed by atoms with van der Waals surface area (Å²) < 4.78 is 19.7. The minimum Gasteiger partial charge on any atom is -0.481 e. The maximum absolute atomic E-state index is 13.2. The van der Waals surface area contributed by atoms with E-state index in [0.29, 0.717) is 5.75 Å². The summed E-state index contributed by atoms with van der Waals surface area (Å²) in [5.41, 5.74) is 0.951. The third-order valence-electron chi connectivity index (χ3n) is 4.23. The Morgan fingerprint density at radius 2 is 1.87 bits per heavy atom. The molecule has 0 heterocycles. The predicted octanol–water partition coefficient (Wildman–Crippen LogP) is 5.10. The average molecular weight is 359 g/mol. The van der Waals surface area contributed by atoms with Crippen LogP contribution in [0.25, 0.3) is 0 Å². The molecule has 3 nitrogen and oxygen atoms in total. The first-order valence-electron chi connectivity index (χ1n) is 7.76. The van der Waals surface area contributed by atoms with Gasteiger partial charge in [-0.05, 0) is 48.0 Å². The van der Waals surface area contributed by atoms with Gasteiger partial charge in [0.25, 0.3) is 0 Å². The van der Waals surface area contributed by atoms with Gasteiger partial charge < -0.3 is 9.53 Å². The van der Waals surface area contributed by atoms with Crippen molar-refractivity contribution in [3.8, 4) is 0 Å². The van der Waals surface area contributed by atoms with E-state index in [1.807, 2.05) is 0 Å². The first kappa shape index (κ1) is 20.2. The summed E-state index contributed by atoms with van der Waals surface area (Å²) in [6.45, 7) is 10.9. The first-order valence-corrected chi connectivity index (χ1v) is 11.8. The topological polar surface area (TPSA) is 46.5 Å². The molecule has 0 aliphatic carbocycles. The van der Waals surface area contributed by atoms with Gasteiger partial charge in [0.2, 0.25) is 0 Å². The third kappa shape index (κ3) is 6.65. The minimum atomic E-state index is -1.97. The zero-order valence-corrected chi connectivity index (χ0v) is 16.4. The Morgan fingerprint density at radius 3 is 2.35 bits per heavy atom. The first-order chi connectivity index (χ1) is 10.5. The van der Waals surface area contributed by atoms with E-state index < -0.39 is 14.3 Å². The molecule has 0 bridgehead atoms. The lowest BCUT2D eigenvalue weighted by molar-refractivity contribution is -0.133. The Hall–Kier alpha value is -0.853. The maximum atomic E-state index is 13.2. The van der Waals surface area contributed by atoms with Crippen LogP contribution in [-0.4, -0.2) is 30.9 Å². The fraction of sp³-hybridized carbons (Fsp3) is 0.588. The smallest absolute Gasteiger partial charge is 0.313 e. The monoisotopic (exact) mass is 358 g/mol. The summed E-state index contributed by atoms with van der Waals surface area (Å²) in [5, 5.41) is 8.82. The van der Waals surface area contributed by atoms with Crippen LogP contribution >= 0.6 is 11.8 Å². The van der Waals surface area contributed by atoms with Crippen molar-refractivity contribution in [2.75, 3.05) is 11.5 Å². The molecule has 0 aliphatic heterocycles. The molecule has 1 aromatic rings. The second-order valence-corrected chi connectivity index (χ2v) is 13.0. The fourth-order valence-electron chi connectivity index (χ4n) is 1.85. The van der Waals surface area contributed by atoms with E-state index in [0.717, 1.165) is 12.0 Å². The standard InChI is InChI=1S/C17H27FO3SSi/c1-17(2,3)23(4,5)21-15(10-11-22-12-16(19)20)13-6-8-14(18)9-7-13/h6-9,15H,10-12H2,1-5H3,(H,19,20)/t15-/m1/s1. The van der Waals surface area contributed by atoms with E-state index in [1.54, 1.807) is 12.1 Å². The molecule has 1 aromatic carbocycles. The van der Waals surface area contributed by atoms with Crippen LogP contribution in [0.4, 0.5) is 4.39 Å². The quantitative estimate of drug-likeness (QED) is 0.519. The van der Waals surface area contributed by atoms with Crippen LogP contribution in [0.3, 0.4) is 0 Å². The van der Waals surface area contributed by atoms with Crippen molar-refractivity contribution in [3.05, 3.63) is 35.6 Å². The van der Waals surface area contributed by atoms with Gasteiger partial charge in [-0.2, -0.15) is 11.8 Å². The summed E-state index contributed by atoms with van der Waals surface area (Å²) in [6, 6.07) is 6.41. The molecule has 0 aromatic heterocycles. The van der Waals surface area contributed by atoms with Gasteiger partial charge in [0.05, 0.1) is 11.9 Å². The Kier molecular flexibility index (Phi) is 7.29. The molecule has 0 aliphatic rings. The highest BCUT2D eigenvalue weighted by atomic mass is 32.2. The number of rotatable bonds is 8. The number of aliphatic carboxylic acids is 1. The third-order valence-corrected chi connectivity index (χ3v) is 9.70. The Morgan fingerprint density at radius 1 is 1.30 bits per heavy atom. The van der Waals surface area contributed by atoms with Gasteiger partial charge in [-0.3, -0.25) is 4.79 Å². The van der Waals surface area contributed by atoms with Crippen LogP contribution in [0, 0.1) is 5.82 Å². The molecule has 0 saturated heterocycles. The molecule has 0 saturated carbocycles. The fourth-order valence-corrected chi connectivity index (χ4v) is 3.87. The second-order valence-electron chi connectivity index (χ2n) is 7.15. The Labute approximate surface area is 143 Å². The number of carboxylic acid groups (broad SMARTS) is 1. The normalized spacial score (nSPS) is 13.8. The van der Waals surface area contributed by atoms with Gasteiger partial charge in [0.15, 0.2) is 8.32 Å². The van der Waals surface area contributed by atoms with Crippen LogP contribution in [-0.2, 0) is 9.22 Å². The van der Waals surface area contributed by atoms with Crippen molar-refractivity contribution in [3.63, 3.8) is 0 Å². The van der Waals surface area contributed by atoms with Crippen molar-refractivity contribution in [1.82, 2.24) is 0 Å². The van der Waals surface area contributed by atoms with Crippen LogP contribution in [0.15, 0.2) is 24.3 Å². The van der Waals surface area contributed by atoms with Crippen LogP contribution in [0.1, 0.15) is 38.9 Å². The zero-order chi connectivity index (χ0) is 17.7. The van der Waals surface area contributed by atoms with Crippen LogP contribution in [0.2, 0.25) is 18.1 Å². The number of carboxylic acids is 1. The number of hydrogen-bond donors (Lipinski definition) is 1. The lowest BCUT2D eigenvalue weighted by Gasteiger charge is -2.39. The molecule has 1 N–H and O–H groups in total. The van der Waals surface area contributed by atoms with Crippen molar-refractivity contribution in [2.45, 2.75) is 51.4 Å². The molecule has 0 fully saturated rings. The zero-order valence-electron chi connectivity index (χ0n) is 14.6. The number of thioether (sulfide) groups is 1. The number of halogens is 1. The molecule has 130 valence electrons. The molecular weight excluding hydrogens is 331 g/mol. The van der Waals surface area contributed by atoms with Crippen molar-refractivity contribution >= 4 is 26.0 Å². The number of hydrogen-bond acceptors (Lipinski definition) is 3. The molecular formula is C17H27FO3SSi. The van der Waals surface area contributed by atoms with Crippen molar-refractivity contribution in [1.29, 1.82) is 0 Å². The summed E-state index contributed by atoms with van der Waals surface area (Å²) >= 11 is 1.38. The van der Waals surface area contributed by atoms with Crippen molar-refractivity contribution in [2.24, 2.45) is 0 Å². The second kappa shape index (κ2) is 8.31. The number of carbonyl (C=O) groups is 1. The molecule has 1 rings (SSSR count). The number of benzene rings is 1. The summed E-state index contributed by atoms with van der Waals surface area (Å²) in [5.74, 6) is -0.280. The van der Waals surface area contributed by atoms with Gasteiger partial charge in [-0.15, -0.1) is 0 Å². The molecule has 1 atom stereocenters. The van der Waals surface area contributed by atoms with Crippen LogP contribution in [0.5, 0.6) is 0 Å². The van der Waals surface area contributed by atoms with Gasteiger partial charge in [0, 0.05) is 0 Å². The molecule has 23 heavy (non-hydrogen) atoms. The molecule has 0 radical (unpaired) electrons. The van der Waals surface area contributed by atoms with Crippen molar-refractivity contribution < 1.29 is 18.7 Å². The largest absolute Gasteiger partial charge is 0.481 e. The minimum absolute atomic E-state index is 0.0828. The van der Waals surface area contributed by atoms with E-state index >= 15 is 0 Å². The highest BCUT2D eigenvalue weighted by Crippen LogP contribution is 2.40. The lowest BCUT2D eigenvalue weighted by atomic mass is 10.1. The summed E-state index contributed by atoms with van der Waals surface area (Å²) in [4.78, 5) is 10.6. The highest BCUT2D eigenvalue weighted by Gasteiger charge is 2.39. The van der Waals surface area contributed by atoms with Crippen LogP contribution < -0.4 is 0 Å². The summed E-state index contributed by atoms with van der Waals surface area (Å²) in [6.07, 6.45) is 0.591. The Balaban J connectivity index is 2.84. The molecule has 0 unspecified atom stereocenters. The van der Waals surface area contributed by atoms with E-state index in [1.165, 1.54) is 23.9 Å². The highest BCUT2D eigenvalue weighted by molar-refractivity contribution is 7.99. The predicted molar refractivity (Wildman–Crippen MR) is 97.0 cm³/mol. The average Bonchev–Trinajstić information content (AvgIpc) is 2.41. The molecule has 0 amide bonds.